The molecule has 14 heteroatoms. The molecule has 0 bridgehead atoms. The van der Waals surface area contributed by atoms with Crippen molar-refractivity contribution in [2.45, 2.75) is 43.4 Å². The van der Waals surface area contributed by atoms with E-state index in [-0.39, 0.29) is 11.0 Å². The van der Waals surface area contributed by atoms with Crippen molar-refractivity contribution < 1.29 is 40.6 Å². The van der Waals surface area contributed by atoms with Gasteiger partial charge in [-0.25, -0.2) is 22.6 Å². The SMILES string of the molecule is Cc1nc(OC2CCNCC2)c2c(n1)N(c1ccc(S(C)(=O)=O)cc1F)CC2.O=C(O)C(F)(F)F. The average molecular weight is 521 g/mol. The Morgan fingerprint density at radius 2 is 1.86 bits per heavy atom. The summed E-state index contributed by atoms with van der Waals surface area (Å²) in [6.45, 7) is 4.16. The number of aliphatic carboxylic acids is 1. The molecule has 1 fully saturated rings. The summed E-state index contributed by atoms with van der Waals surface area (Å²) in [7, 11) is -3.47. The molecule has 4 rings (SSSR count). The van der Waals surface area contributed by atoms with Gasteiger partial charge in [0.1, 0.15) is 23.6 Å². The van der Waals surface area contributed by atoms with E-state index in [1.165, 1.54) is 12.1 Å². The zero-order chi connectivity index (χ0) is 26.0. The Labute approximate surface area is 199 Å². The van der Waals surface area contributed by atoms with E-state index in [1.54, 1.807) is 11.8 Å². The number of nitrogens with one attached hydrogen (secondary N) is 1. The summed E-state index contributed by atoms with van der Waals surface area (Å²) in [6, 6.07) is 3.97. The molecule has 0 saturated carbocycles. The van der Waals surface area contributed by atoms with Crippen LogP contribution in [0.4, 0.5) is 29.1 Å². The fourth-order valence-corrected chi connectivity index (χ4v) is 4.30. The molecule has 0 unspecified atom stereocenters. The lowest BCUT2D eigenvalue weighted by atomic mass is 10.1. The second-order valence-electron chi connectivity index (χ2n) is 8.04. The van der Waals surface area contributed by atoms with Crippen molar-refractivity contribution in [1.82, 2.24) is 15.3 Å². The molecule has 0 atom stereocenters. The van der Waals surface area contributed by atoms with E-state index in [9.17, 15) is 26.0 Å². The van der Waals surface area contributed by atoms with Gasteiger partial charge in [0.25, 0.3) is 0 Å². The minimum absolute atomic E-state index is 0.0398. The Kier molecular flexibility index (Phi) is 7.84. The molecule has 9 nitrogen and oxygen atoms in total. The quantitative estimate of drug-likeness (QED) is 0.586. The van der Waals surface area contributed by atoms with Gasteiger partial charge in [-0.3, -0.25) is 0 Å². The zero-order valence-corrected chi connectivity index (χ0v) is 19.7. The fourth-order valence-electron chi connectivity index (χ4n) is 3.67. The van der Waals surface area contributed by atoms with Gasteiger partial charge < -0.3 is 20.1 Å². The van der Waals surface area contributed by atoms with Crippen molar-refractivity contribution in [2.75, 3.05) is 30.8 Å². The maximum Gasteiger partial charge on any atom is 0.490 e. The topological polar surface area (TPSA) is 122 Å². The Morgan fingerprint density at radius 3 is 2.40 bits per heavy atom. The van der Waals surface area contributed by atoms with Crippen LogP contribution in [0.3, 0.4) is 0 Å². The molecular weight excluding hydrogens is 496 g/mol. The number of alkyl halides is 3. The first-order chi connectivity index (χ1) is 16.3. The maximum atomic E-state index is 14.7. The lowest BCUT2D eigenvalue weighted by Crippen LogP contribution is -2.34. The summed E-state index contributed by atoms with van der Waals surface area (Å²) in [5.74, 6) is -1.59. The number of piperidine rings is 1. The highest BCUT2D eigenvalue weighted by Crippen LogP contribution is 2.39. The predicted octanol–water partition coefficient (Wildman–Crippen LogP) is 2.79. The molecule has 2 aliphatic rings. The molecular formula is C21H24F4N4O5S. The third-order valence-corrected chi connectivity index (χ3v) is 6.46. The van der Waals surface area contributed by atoms with Gasteiger partial charge in [-0.2, -0.15) is 18.2 Å². The van der Waals surface area contributed by atoms with Crippen molar-refractivity contribution in [3.8, 4) is 5.88 Å². The van der Waals surface area contributed by atoms with Gasteiger partial charge in [0.05, 0.1) is 16.1 Å². The standard InChI is InChI=1S/C19H23FN4O3S.C2HF3O2/c1-12-22-18-15(19(23-12)27-13-5-8-21-9-6-13)7-10-24(18)17-4-3-14(11-16(17)20)28(2,25)26;3-2(4,5)1(6)7/h3-4,11,13,21H,5-10H2,1-2H3;(H,6,7). The third-order valence-electron chi connectivity index (χ3n) is 5.35. The zero-order valence-electron chi connectivity index (χ0n) is 18.9. The highest BCUT2D eigenvalue weighted by atomic mass is 32.2. The van der Waals surface area contributed by atoms with Gasteiger partial charge >= 0.3 is 12.1 Å². The summed E-state index contributed by atoms with van der Waals surface area (Å²) in [5.41, 5.74) is 1.17. The van der Waals surface area contributed by atoms with Gasteiger partial charge in [0.15, 0.2) is 9.84 Å². The Bertz CT molecular complexity index is 1200. The van der Waals surface area contributed by atoms with Gasteiger partial charge in [0, 0.05) is 12.8 Å². The smallest absolute Gasteiger partial charge is 0.475 e. The van der Waals surface area contributed by atoms with Crippen molar-refractivity contribution in [3.05, 3.63) is 35.4 Å². The lowest BCUT2D eigenvalue weighted by Gasteiger charge is -2.24. The van der Waals surface area contributed by atoms with Crippen LogP contribution in [0.1, 0.15) is 24.2 Å². The molecule has 192 valence electrons. The Morgan fingerprint density at radius 1 is 1.23 bits per heavy atom. The monoisotopic (exact) mass is 520 g/mol. The molecule has 35 heavy (non-hydrogen) atoms. The van der Waals surface area contributed by atoms with Crippen LogP contribution in [0, 0.1) is 12.7 Å². The lowest BCUT2D eigenvalue weighted by molar-refractivity contribution is -0.192. The number of carbonyl (C=O) groups is 1. The molecule has 2 aliphatic heterocycles. The van der Waals surface area contributed by atoms with Gasteiger partial charge in [-0.1, -0.05) is 0 Å². The van der Waals surface area contributed by atoms with E-state index in [4.69, 9.17) is 14.6 Å². The summed E-state index contributed by atoms with van der Waals surface area (Å²) < 4.78 is 76.0. The molecule has 1 saturated heterocycles. The first-order valence-electron chi connectivity index (χ1n) is 10.6. The minimum atomic E-state index is -5.08. The Hall–Kier alpha value is -3.00. The van der Waals surface area contributed by atoms with Crippen LogP contribution in [-0.2, 0) is 21.1 Å². The normalized spacial score (nSPS) is 16.3. The molecule has 0 amide bonds. The molecule has 0 aliphatic carbocycles. The second kappa shape index (κ2) is 10.3. The Balaban J connectivity index is 0.000000429. The summed E-state index contributed by atoms with van der Waals surface area (Å²) >= 11 is 0. The number of carboxylic acids is 1. The molecule has 1 aromatic carbocycles. The third kappa shape index (κ3) is 6.57. The second-order valence-corrected chi connectivity index (χ2v) is 10.1. The molecule has 0 radical (unpaired) electrons. The number of aromatic nitrogens is 2. The van der Waals surface area contributed by atoms with Gasteiger partial charge in [-0.05, 0) is 57.5 Å². The number of nitrogens with zero attached hydrogens (tertiary/aromatic N) is 3. The largest absolute Gasteiger partial charge is 0.490 e. The molecule has 1 aromatic heterocycles. The van der Waals surface area contributed by atoms with Crippen LogP contribution in [0.2, 0.25) is 0 Å². The van der Waals surface area contributed by atoms with E-state index in [1.807, 2.05) is 0 Å². The van der Waals surface area contributed by atoms with Gasteiger partial charge in [-0.15, -0.1) is 0 Å². The van der Waals surface area contributed by atoms with Crippen LogP contribution >= 0.6 is 0 Å². The molecule has 2 N–H and O–H groups in total. The summed E-state index contributed by atoms with van der Waals surface area (Å²) in [6.07, 6.45) is -1.43. The van der Waals surface area contributed by atoms with Crippen molar-refractivity contribution >= 4 is 27.3 Å². The van der Waals surface area contributed by atoms with Crippen LogP contribution in [0.5, 0.6) is 5.88 Å². The number of aryl methyl sites for hydroxylation is 1. The number of fused-ring (bicyclic) bond motifs is 1. The summed E-state index contributed by atoms with van der Waals surface area (Å²) in [5, 5.41) is 10.4. The number of carboxylic acid groups (broad SMARTS) is 1. The highest BCUT2D eigenvalue weighted by molar-refractivity contribution is 7.90. The van der Waals surface area contributed by atoms with E-state index in [0.29, 0.717) is 36.2 Å². The average Bonchev–Trinajstić information content (AvgIpc) is 3.17. The fraction of sp³-hybridized carbons (Fsp3) is 0.476. The number of hydrogen-bond acceptors (Lipinski definition) is 8. The minimum Gasteiger partial charge on any atom is -0.475 e. The van der Waals surface area contributed by atoms with Crippen molar-refractivity contribution in [1.29, 1.82) is 0 Å². The van der Waals surface area contributed by atoms with Crippen LogP contribution < -0.4 is 15.0 Å². The van der Waals surface area contributed by atoms with Crippen LogP contribution in [0.15, 0.2) is 23.1 Å². The van der Waals surface area contributed by atoms with Crippen LogP contribution in [-0.4, -0.2) is 67.6 Å². The van der Waals surface area contributed by atoms with E-state index in [0.717, 1.165) is 43.8 Å². The van der Waals surface area contributed by atoms with Crippen molar-refractivity contribution in [2.24, 2.45) is 0 Å². The molecule has 3 heterocycles. The maximum absolute atomic E-state index is 14.7. The number of anilines is 2. The molecule has 2 aromatic rings. The number of rotatable bonds is 4. The predicted molar refractivity (Wildman–Crippen MR) is 117 cm³/mol. The number of ether oxygens (including phenoxy) is 1. The van der Waals surface area contributed by atoms with Gasteiger partial charge in [0.2, 0.25) is 5.88 Å². The van der Waals surface area contributed by atoms with E-state index >= 15 is 0 Å². The number of benzene rings is 1. The van der Waals surface area contributed by atoms with E-state index in [2.05, 4.69) is 15.3 Å². The molecule has 0 spiro atoms. The number of hydrogen-bond donors (Lipinski definition) is 2. The van der Waals surface area contributed by atoms with Crippen LogP contribution in [0.25, 0.3) is 0 Å². The van der Waals surface area contributed by atoms with Crippen molar-refractivity contribution in [3.63, 3.8) is 0 Å². The first-order valence-corrected chi connectivity index (χ1v) is 12.5. The number of halogens is 4. The first kappa shape index (κ1) is 26.6. The van der Waals surface area contributed by atoms with E-state index < -0.39 is 27.8 Å². The highest BCUT2D eigenvalue weighted by Gasteiger charge is 2.38. The summed E-state index contributed by atoms with van der Waals surface area (Å²) in [4.78, 5) is 19.6. The number of sulfone groups is 1.